The van der Waals surface area contributed by atoms with Crippen LogP contribution in [0.4, 0.5) is 11.4 Å². The van der Waals surface area contributed by atoms with Gasteiger partial charge in [0.05, 0.1) is 17.9 Å². The Bertz CT molecular complexity index is 1360. The van der Waals surface area contributed by atoms with Crippen LogP contribution in [0.15, 0.2) is 64.6 Å². The van der Waals surface area contributed by atoms with E-state index in [1.807, 2.05) is 59.3 Å². The van der Waals surface area contributed by atoms with Crippen LogP contribution in [-0.2, 0) is 14.4 Å². The molecule has 4 aliphatic rings. The minimum atomic E-state index is -0.803. The van der Waals surface area contributed by atoms with E-state index in [4.69, 9.17) is 9.98 Å². The molecule has 1 atom stereocenters. The lowest BCUT2D eigenvalue weighted by Crippen LogP contribution is -2.50. The average Bonchev–Trinajstić information content (AvgIpc) is 3.36. The molecule has 10 heteroatoms. The maximum absolute atomic E-state index is 13.7. The van der Waals surface area contributed by atoms with Crippen LogP contribution in [0.5, 0.6) is 0 Å². The molecule has 9 nitrogen and oxygen atoms in total. The first-order valence-electron chi connectivity index (χ1n) is 14.6. The van der Waals surface area contributed by atoms with Crippen molar-refractivity contribution in [3.05, 3.63) is 60.2 Å². The average molecular weight is 573 g/mol. The number of amidine groups is 2. The van der Waals surface area contributed by atoms with Gasteiger partial charge in [0.25, 0.3) is 5.91 Å². The molecule has 3 amide bonds. The van der Waals surface area contributed by atoms with Gasteiger partial charge in [-0.25, -0.2) is 9.89 Å². The molecule has 0 unspecified atom stereocenters. The summed E-state index contributed by atoms with van der Waals surface area (Å²) in [6.07, 6.45) is 5.65. The number of benzene rings is 2. The van der Waals surface area contributed by atoms with Crippen molar-refractivity contribution in [3.63, 3.8) is 0 Å². The number of para-hydroxylation sites is 2. The Morgan fingerprint density at radius 3 is 2.41 bits per heavy atom. The molecule has 0 radical (unpaired) electrons. The van der Waals surface area contributed by atoms with E-state index in [-0.39, 0.29) is 35.9 Å². The third kappa shape index (κ3) is 5.75. The Labute approximate surface area is 245 Å². The first-order chi connectivity index (χ1) is 20.0. The summed E-state index contributed by atoms with van der Waals surface area (Å²) in [5, 5.41) is 0.448. The number of piperazine rings is 1. The van der Waals surface area contributed by atoms with E-state index in [0.29, 0.717) is 24.1 Å². The number of fused-ring (bicyclic) bond motifs is 3. The monoisotopic (exact) mass is 572 g/mol. The number of rotatable bonds is 6. The Kier molecular flexibility index (Phi) is 8.09. The van der Waals surface area contributed by atoms with Gasteiger partial charge in [-0.1, -0.05) is 61.4 Å². The lowest BCUT2D eigenvalue weighted by Gasteiger charge is -2.36. The van der Waals surface area contributed by atoms with Crippen LogP contribution in [-0.4, -0.2) is 94.5 Å². The first-order valence-corrected chi connectivity index (χ1v) is 15.5. The maximum Gasteiger partial charge on any atom is 0.259 e. The zero-order valence-corrected chi connectivity index (χ0v) is 24.3. The first kappa shape index (κ1) is 27.5. The van der Waals surface area contributed by atoms with Crippen LogP contribution in [0.3, 0.4) is 0 Å². The molecular weight excluding hydrogens is 536 g/mol. The van der Waals surface area contributed by atoms with Gasteiger partial charge in [0.1, 0.15) is 11.9 Å². The van der Waals surface area contributed by atoms with Crippen molar-refractivity contribution in [2.45, 2.75) is 50.6 Å². The lowest BCUT2D eigenvalue weighted by atomic mass is 9.94. The molecule has 1 saturated carbocycles. The molecule has 3 heterocycles. The highest BCUT2D eigenvalue weighted by molar-refractivity contribution is 8.14. The summed E-state index contributed by atoms with van der Waals surface area (Å²) in [5.41, 5.74) is 2.64. The van der Waals surface area contributed by atoms with Gasteiger partial charge in [-0.2, -0.15) is 0 Å². The number of hydrogen-bond acceptors (Lipinski definition) is 7. The molecule has 214 valence electrons. The number of nitrogens with zero attached hydrogens (tertiary/aromatic N) is 6. The second-order valence-electron chi connectivity index (χ2n) is 11.0. The molecule has 1 aliphatic carbocycles. The zero-order valence-electron chi connectivity index (χ0n) is 23.4. The highest BCUT2D eigenvalue weighted by Gasteiger charge is 2.43. The number of carbonyl (C=O) groups is 3. The highest BCUT2D eigenvalue weighted by atomic mass is 32.2. The Morgan fingerprint density at radius 2 is 1.66 bits per heavy atom. The summed E-state index contributed by atoms with van der Waals surface area (Å²) >= 11 is 1.27. The molecule has 0 N–H and O–H groups in total. The zero-order chi connectivity index (χ0) is 28.3. The summed E-state index contributed by atoms with van der Waals surface area (Å²) in [5.74, 6) is 0.423. The number of aliphatic imine (C=N–C) groups is 2. The Hall–Kier alpha value is -3.66. The van der Waals surface area contributed by atoms with Crippen molar-refractivity contribution >= 4 is 51.9 Å². The van der Waals surface area contributed by atoms with E-state index in [1.165, 1.54) is 23.1 Å². The van der Waals surface area contributed by atoms with Crippen molar-refractivity contribution in [1.29, 1.82) is 0 Å². The van der Waals surface area contributed by atoms with Crippen LogP contribution in [0.1, 0.15) is 44.1 Å². The van der Waals surface area contributed by atoms with E-state index in [2.05, 4.69) is 17.0 Å². The highest BCUT2D eigenvalue weighted by Crippen LogP contribution is 2.34. The number of anilines is 1. The fourth-order valence-electron chi connectivity index (χ4n) is 6.08. The summed E-state index contributed by atoms with van der Waals surface area (Å²) in [4.78, 5) is 57.1. The van der Waals surface area contributed by atoms with Crippen molar-refractivity contribution in [2.75, 3.05) is 43.9 Å². The van der Waals surface area contributed by atoms with Gasteiger partial charge in [0.2, 0.25) is 11.8 Å². The van der Waals surface area contributed by atoms with Gasteiger partial charge in [-0.15, -0.1) is 0 Å². The number of carbonyl (C=O) groups excluding carboxylic acids is 3. The predicted molar refractivity (Wildman–Crippen MR) is 163 cm³/mol. The molecule has 0 aromatic heterocycles. The van der Waals surface area contributed by atoms with Gasteiger partial charge in [0.15, 0.2) is 5.17 Å². The molecule has 6 rings (SSSR count). The van der Waals surface area contributed by atoms with Crippen LogP contribution in [0.25, 0.3) is 0 Å². The molecule has 3 aliphatic heterocycles. The van der Waals surface area contributed by atoms with Crippen molar-refractivity contribution < 1.29 is 14.4 Å². The molecule has 2 fully saturated rings. The Balaban J connectivity index is 1.12. The molecule has 2 aromatic carbocycles. The largest absolute Gasteiger partial charge is 0.368 e. The van der Waals surface area contributed by atoms with E-state index in [0.717, 1.165) is 55.7 Å². The molecule has 2 aromatic rings. The molecule has 0 bridgehead atoms. The standard InChI is InChI=1S/C31H36N6O3S/c1-34(22-10-4-2-5-11-22)28(39)21-41-31-33-25-15-9-8-14-24(25)29-32-26(30(40)37(29)31)20-27(38)36-18-16-35(17-19-36)23-12-6-3-7-13-23/h3,6-9,12-15,22,26H,2,4-5,10-11,16-21H2,1H3/t26-/m0/s1. The van der Waals surface area contributed by atoms with Gasteiger partial charge in [0, 0.05) is 50.5 Å². The summed E-state index contributed by atoms with van der Waals surface area (Å²) < 4.78 is 0. The number of hydrogen-bond donors (Lipinski definition) is 0. The molecule has 41 heavy (non-hydrogen) atoms. The van der Waals surface area contributed by atoms with Gasteiger partial charge >= 0.3 is 0 Å². The van der Waals surface area contributed by atoms with E-state index in [1.54, 1.807) is 0 Å². The van der Waals surface area contributed by atoms with Crippen LogP contribution in [0.2, 0.25) is 0 Å². The summed E-state index contributed by atoms with van der Waals surface area (Å²) in [6.45, 7) is 2.71. The third-order valence-corrected chi connectivity index (χ3v) is 9.43. The fraction of sp³-hybridized carbons (Fsp3) is 0.452. The van der Waals surface area contributed by atoms with Gasteiger partial charge in [-0.3, -0.25) is 19.4 Å². The second kappa shape index (κ2) is 12.1. The van der Waals surface area contributed by atoms with Gasteiger partial charge < -0.3 is 14.7 Å². The summed E-state index contributed by atoms with van der Waals surface area (Å²) in [7, 11) is 1.88. The van der Waals surface area contributed by atoms with E-state index < -0.39 is 6.04 Å². The second-order valence-corrected chi connectivity index (χ2v) is 12.0. The summed E-state index contributed by atoms with van der Waals surface area (Å²) in [6, 6.07) is 17.3. The van der Waals surface area contributed by atoms with Crippen LogP contribution in [0, 0.1) is 0 Å². The number of amides is 3. The Morgan fingerprint density at radius 1 is 0.951 bits per heavy atom. The van der Waals surface area contributed by atoms with Gasteiger partial charge in [-0.05, 0) is 37.1 Å². The lowest BCUT2D eigenvalue weighted by molar-refractivity contribution is -0.135. The van der Waals surface area contributed by atoms with Crippen molar-refractivity contribution in [3.8, 4) is 0 Å². The van der Waals surface area contributed by atoms with Crippen LogP contribution >= 0.6 is 11.8 Å². The minimum Gasteiger partial charge on any atom is -0.368 e. The molecular formula is C31H36N6O3S. The minimum absolute atomic E-state index is 0.0215. The number of thioether (sulfide) groups is 1. The maximum atomic E-state index is 13.7. The smallest absolute Gasteiger partial charge is 0.259 e. The van der Waals surface area contributed by atoms with Crippen molar-refractivity contribution in [2.24, 2.45) is 9.98 Å². The van der Waals surface area contributed by atoms with Crippen molar-refractivity contribution in [1.82, 2.24) is 14.7 Å². The van der Waals surface area contributed by atoms with Crippen LogP contribution < -0.4 is 4.90 Å². The molecule has 0 spiro atoms. The molecule has 1 saturated heterocycles. The normalized spacial score (nSPS) is 20.8. The predicted octanol–water partition coefficient (Wildman–Crippen LogP) is 3.91. The van der Waals surface area contributed by atoms with E-state index in [9.17, 15) is 14.4 Å². The topological polar surface area (TPSA) is 88.9 Å². The van der Waals surface area contributed by atoms with E-state index >= 15 is 0 Å². The quantitative estimate of drug-likeness (QED) is 0.524. The third-order valence-electron chi connectivity index (χ3n) is 8.51. The fourth-order valence-corrected chi connectivity index (χ4v) is 7.00. The SMILES string of the molecule is CN(C(=O)CSC1=Nc2ccccc2C2=N[C@@H](CC(=O)N3CCN(c4ccccc4)CC3)C(=O)N12)C1CCCCC1.